The molecule has 1 saturated carbocycles. The van der Waals surface area contributed by atoms with Crippen LogP contribution in [0.15, 0.2) is 23.8 Å². The maximum Gasteiger partial charge on any atom is -0.0174 e. The molecule has 0 spiro atoms. The van der Waals surface area contributed by atoms with Crippen molar-refractivity contribution in [2.75, 3.05) is 0 Å². The molecule has 2 atom stereocenters. The Bertz CT molecular complexity index is 259. The summed E-state index contributed by atoms with van der Waals surface area (Å²) < 4.78 is 0. The van der Waals surface area contributed by atoms with Crippen LogP contribution < -0.4 is 0 Å². The first-order valence-corrected chi connectivity index (χ1v) is 7.23. The third kappa shape index (κ3) is 3.23. The first-order valence-electron chi connectivity index (χ1n) is 7.23. The molecule has 2 rings (SSSR count). The Morgan fingerprint density at radius 3 is 2.75 bits per heavy atom. The van der Waals surface area contributed by atoms with Gasteiger partial charge in [-0.25, -0.2) is 0 Å². The van der Waals surface area contributed by atoms with Gasteiger partial charge >= 0.3 is 0 Å². The van der Waals surface area contributed by atoms with Crippen LogP contribution in [-0.2, 0) is 0 Å². The minimum absolute atomic E-state index is 0.907. The fourth-order valence-electron chi connectivity index (χ4n) is 3.27. The van der Waals surface area contributed by atoms with Gasteiger partial charge in [0.15, 0.2) is 0 Å². The molecular formula is C16H26. The van der Waals surface area contributed by atoms with Crippen molar-refractivity contribution >= 4 is 0 Å². The summed E-state index contributed by atoms with van der Waals surface area (Å²) in [6, 6.07) is 0. The molecule has 0 aromatic heterocycles. The van der Waals surface area contributed by atoms with E-state index in [1.54, 1.807) is 5.57 Å². The van der Waals surface area contributed by atoms with Crippen LogP contribution in [0.2, 0.25) is 0 Å². The summed E-state index contributed by atoms with van der Waals surface area (Å²) >= 11 is 0. The van der Waals surface area contributed by atoms with E-state index in [1.165, 1.54) is 57.8 Å². The van der Waals surface area contributed by atoms with Gasteiger partial charge in [0.05, 0.1) is 0 Å². The van der Waals surface area contributed by atoms with Crippen LogP contribution in [0.3, 0.4) is 0 Å². The number of rotatable bonds is 0. The van der Waals surface area contributed by atoms with Crippen LogP contribution in [0.5, 0.6) is 0 Å². The zero-order valence-electron chi connectivity index (χ0n) is 10.8. The quantitative estimate of drug-likeness (QED) is 0.520. The molecule has 0 aromatic carbocycles. The molecule has 2 aliphatic rings. The Kier molecular flexibility index (Phi) is 4.69. The number of fused-ring (bicyclic) bond motifs is 1. The Morgan fingerprint density at radius 1 is 1.00 bits per heavy atom. The molecule has 16 heavy (non-hydrogen) atoms. The minimum Gasteiger partial charge on any atom is -0.0845 e. The van der Waals surface area contributed by atoms with Gasteiger partial charge in [-0.2, -0.15) is 0 Å². The normalized spacial score (nSPS) is 37.7. The SMILES string of the molecule is CC1CC/C2=C/C=C/CCCCCCCC21. The first-order chi connectivity index (χ1) is 7.88. The van der Waals surface area contributed by atoms with Gasteiger partial charge in [0, 0.05) is 0 Å². The third-order valence-electron chi connectivity index (χ3n) is 4.38. The van der Waals surface area contributed by atoms with Crippen LogP contribution >= 0.6 is 0 Å². The van der Waals surface area contributed by atoms with E-state index in [1.807, 2.05) is 0 Å². The second kappa shape index (κ2) is 6.27. The molecule has 0 aromatic rings. The number of hydrogen-bond acceptors (Lipinski definition) is 0. The highest BCUT2D eigenvalue weighted by Crippen LogP contribution is 2.39. The summed E-state index contributed by atoms with van der Waals surface area (Å²) in [5.41, 5.74) is 1.74. The van der Waals surface area contributed by atoms with E-state index in [2.05, 4.69) is 25.2 Å². The summed E-state index contributed by atoms with van der Waals surface area (Å²) in [6.07, 6.45) is 19.8. The summed E-state index contributed by atoms with van der Waals surface area (Å²) in [4.78, 5) is 0. The lowest BCUT2D eigenvalue weighted by Gasteiger charge is -2.17. The van der Waals surface area contributed by atoms with Crippen LogP contribution in [0, 0.1) is 11.8 Å². The van der Waals surface area contributed by atoms with Gasteiger partial charge in [-0.1, -0.05) is 56.4 Å². The highest BCUT2D eigenvalue weighted by atomic mass is 14.3. The van der Waals surface area contributed by atoms with Crippen molar-refractivity contribution in [3.05, 3.63) is 23.8 Å². The van der Waals surface area contributed by atoms with Crippen molar-refractivity contribution in [2.24, 2.45) is 11.8 Å². The smallest absolute Gasteiger partial charge is 0.0174 e. The molecule has 0 aliphatic heterocycles. The van der Waals surface area contributed by atoms with Gasteiger partial charge in [-0.3, -0.25) is 0 Å². The second-order valence-corrected chi connectivity index (χ2v) is 5.64. The Balaban J connectivity index is 2.01. The van der Waals surface area contributed by atoms with Gasteiger partial charge in [0.2, 0.25) is 0 Å². The zero-order chi connectivity index (χ0) is 11.2. The third-order valence-corrected chi connectivity index (χ3v) is 4.38. The second-order valence-electron chi connectivity index (χ2n) is 5.64. The lowest BCUT2D eigenvalue weighted by molar-refractivity contribution is 0.411. The van der Waals surface area contributed by atoms with Crippen molar-refractivity contribution in [3.8, 4) is 0 Å². The van der Waals surface area contributed by atoms with Gasteiger partial charge in [-0.15, -0.1) is 0 Å². The van der Waals surface area contributed by atoms with E-state index < -0.39 is 0 Å². The predicted molar refractivity (Wildman–Crippen MR) is 71.4 cm³/mol. The van der Waals surface area contributed by atoms with Crippen LogP contribution in [0.1, 0.15) is 64.7 Å². The molecule has 0 radical (unpaired) electrons. The van der Waals surface area contributed by atoms with Gasteiger partial charge in [-0.05, 0) is 43.9 Å². The van der Waals surface area contributed by atoms with Gasteiger partial charge in [0.1, 0.15) is 0 Å². The molecule has 2 aliphatic carbocycles. The molecule has 1 fully saturated rings. The molecule has 0 amide bonds. The Hall–Kier alpha value is -0.520. The predicted octanol–water partition coefficient (Wildman–Crippen LogP) is 5.26. The summed E-state index contributed by atoms with van der Waals surface area (Å²) in [7, 11) is 0. The molecular weight excluding hydrogens is 192 g/mol. The number of allylic oxidation sites excluding steroid dienone is 4. The molecule has 0 heterocycles. The number of hydrogen-bond donors (Lipinski definition) is 0. The van der Waals surface area contributed by atoms with E-state index >= 15 is 0 Å². The molecule has 0 nitrogen and oxygen atoms in total. The van der Waals surface area contributed by atoms with E-state index in [9.17, 15) is 0 Å². The Labute approximate surface area is 101 Å². The fourth-order valence-corrected chi connectivity index (χ4v) is 3.27. The average Bonchev–Trinajstić information content (AvgIpc) is 2.60. The Morgan fingerprint density at radius 2 is 1.81 bits per heavy atom. The fraction of sp³-hybridized carbons (Fsp3) is 0.750. The highest BCUT2D eigenvalue weighted by Gasteiger charge is 2.26. The van der Waals surface area contributed by atoms with Crippen molar-refractivity contribution in [1.82, 2.24) is 0 Å². The van der Waals surface area contributed by atoms with E-state index in [4.69, 9.17) is 0 Å². The molecule has 0 bridgehead atoms. The van der Waals surface area contributed by atoms with Crippen LogP contribution in [0.25, 0.3) is 0 Å². The van der Waals surface area contributed by atoms with Crippen LogP contribution in [-0.4, -0.2) is 0 Å². The molecule has 0 saturated heterocycles. The van der Waals surface area contributed by atoms with E-state index in [-0.39, 0.29) is 0 Å². The summed E-state index contributed by atoms with van der Waals surface area (Å²) in [6.45, 7) is 2.45. The molecule has 2 unspecified atom stereocenters. The lowest BCUT2D eigenvalue weighted by atomic mass is 9.88. The van der Waals surface area contributed by atoms with Crippen molar-refractivity contribution in [1.29, 1.82) is 0 Å². The lowest BCUT2D eigenvalue weighted by Crippen LogP contribution is -2.05. The van der Waals surface area contributed by atoms with Crippen molar-refractivity contribution < 1.29 is 0 Å². The largest absolute Gasteiger partial charge is 0.0845 e. The van der Waals surface area contributed by atoms with E-state index in [0.717, 1.165) is 11.8 Å². The topological polar surface area (TPSA) is 0 Å². The van der Waals surface area contributed by atoms with Gasteiger partial charge < -0.3 is 0 Å². The molecule has 0 heteroatoms. The highest BCUT2D eigenvalue weighted by molar-refractivity contribution is 5.19. The maximum atomic E-state index is 2.45. The maximum absolute atomic E-state index is 2.45. The van der Waals surface area contributed by atoms with Crippen molar-refractivity contribution in [2.45, 2.75) is 64.7 Å². The van der Waals surface area contributed by atoms with Gasteiger partial charge in [0.25, 0.3) is 0 Å². The summed E-state index contributed by atoms with van der Waals surface area (Å²) in [5, 5.41) is 0. The van der Waals surface area contributed by atoms with Crippen LogP contribution in [0.4, 0.5) is 0 Å². The average molecular weight is 218 g/mol. The monoisotopic (exact) mass is 218 g/mol. The first kappa shape index (κ1) is 12.0. The summed E-state index contributed by atoms with van der Waals surface area (Å²) in [5.74, 6) is 1.84. The van der Waals surface area contributed by atoms with Crippen molar-refractivity contribution in [3.63, 3.8) is 0 Å². The standard InChI is InChI=1S/C16H26/c1-14-12-13-15-10-8-6-4-2-3-5-7-9-11-16(14)15/h6,8,10,14,16H,2-5,7,9,11-13H2,1H3/b8-6+,15-10-. The van der Waals surface area contributed by atoms with E-state index in [0.29, 0.717) is 0 Å². The molecule has 0 N–H and O–H groups in total. The zero-order valence-corrected chi connectivity index (χ0v) is 10.8. The minimum atomic E-state index is 0.907. The molecule has 90 valence electrons.